The van der Waals surface area contributed by atoms with E-state index in [0.29, 0.717) is 12.8 Å². The molecule has 1 aliphatic carbocycles. The number of carbonyl (C=O) groups excluding carboxylic acids is 1. The van der Waals surface area contributed by atoms with Crippen LogP contribution in [-0.2, 0) is 4.79 Å². The molecule has 17 heavy (non-hydrogen) atoms. The molecule has 1 amide bonds. The van der Waals surface area contributed by atoms with Gasteiger partial charge in [-0.05, 0) is 25.7 Å². The van der Waals surface area contributed by atoms with E-state index in [9.17, 15) is 18.0 Å². The first-order valence-electron chi connectivity index (χ1n) is 6.03. The highest BCUT2D eigenvalue weighted by molar-refractivity contribution is 5.85. The Morgan fingerprint density at radius 2 is 1.94 bits per heavy atom. The Bertz CT molecular complexity index is 325. The Hall–Kier alpha value is -0.780. The number of halogens is 3. The van der Waals surface area contributed by atoms with E-state index in [0.717, 1.165) is 4.90 Å². The third kappa shape index (κ3) is 1.73. The van der Waals surface area contributed by atoms with Gasteiger partial charge in [0.2, 0.25) is 5.91 Å². The molecule has 1 N–H and O–H groups in total. The largest absolute Gasteiger partial charge is 0.411 e. The van der Waals surface area contributed by atoms with Gasteiger partial charge in [0.1, 0.15) is 5.54 Å². The topological polar surface area (TPSA) is 32.3 Å². The smallest absolute Gasteiger partial charge is 0.311 e. The lowest BCUT2D eigenvalue weighted by molar-refractivity contribution is -0.202. The maximum Gasteiger partial charge on any atom is 0.411 e. The molecule has 2 atom stereocenters. The van der Waals surface area contributed by atoms with E-state index in [-0.39, 0.29) is 12.8 Å². The van der Waals surface area contributed by atoms with Gasteiger partial charge < -0.3 is 4.90 Å². The monoisotopic (exact) mass is 250 g/mol. The Kier molecular flexibility index (Phi) is 2.88. The van der Waals surface area contributed by atoms with Gasteiger partial charge in [-0.2, -0.15) is 13.2 Å². The highest BCUT2D eigenvalue weighted by atomic mass is 19.4. The van der Waals surface area contributed by atoms with Crippen LogP contribution in [0.2, 0.25) is 0 Å². The molecule has 0 aromatic carbocycles. The van der Waals surface area contributed by atoms with Crippen LogP contribution in [0.25, 0.3) is 0 Å². The normalized spacial score (nSPS) is 32.1. The molecular formula is C11H17F3N2O. The first-order valence-corrected chi connectivity index (χ1v) is 6.03. The van der Waals surface area contributed by atoms with E-state index < -0.39 is 29.8 Å². The first kappa shape index (κ1) is 12.7. The summed E-state index contributed by atoms with van der Waals surface area (Å²) in [6, 6.07) is -0.459. The van der Waals surface area contributed by atoms with Gasteiger partial charge in [-0.15, -0.1) is 0 Å². The van der Waals surface area contributed by atoms with E-state index >= 15 is 0 Å². The quantitative estimate of drug-likeness (QED) is 0.831. The van der Waals surface area contributed by atoms with Crippen molar-refractivity contribution in [2.75, 3.05) is 0 Å². The average molecular weight is 250 g/mol. The fourth-order valence-corrected chi connectivity index (χ4v) is 2.58. The predicted octanol–water partition coefficient (Wildman–Crippen LogP) is 2.03. The molecule has 2 fully saturated rings. The molecule has 2 rings (SSSR count). The van der Waals surface area contributed by atoms with Crippen LogP contribution in [-0.4, -0.2) is 34.7 Å². The van der Waals surface area contributed by atoms with Crippen molar-refractivity contribution in [1.29, 1.82) is 0 Å². The summed E-state index contributed by atoms with van der Waals surface area (Å²) in [6.45, 7) is 3.60. The van der Waals surface area contributed by atoms with E-state index in [1.54, 1.807) is 13.8 Å². The molecule has 1 saturated heterocycles. The third-order valence-corrected chi connectivity index (χ3v) is 3.75. The zero-order valence-electron chi connectivity index (χ0n) is 9.97. The molecule has 1 aliphatic heterocycles. The second-order valence-corrected chi connectivity index (χ2v) is 4.79. The van der Waals surface area contributed by atoms with Crippen molar-refractivity contribution in [3.63, 3.8) is 0 Å². The summed E-state index contributed by atoms with van der Waals surface area (Å²) in [4.78, 5) is 13.1. The lowest BCUT2D eigenvalue weighted by Gasteiger charge is -2.34. The Morgan fingerprint density at radius 1 is 1.35 bits per heavy atom. The summed E-state index contributed by atoms with van der Waals surface area (Å²) in [5, 5.41) is 2.98. The molecular weight excluding hydrogens is 233 g/mol. The maximum absolute atomic E-state index is 13.0. The molecule has 0 aromatic heterocycles. The number of nitrogens with one attached hydrogen (secondary N) is 1. The van der Waals surface area contributed by atoms with Crippen molar-refractivity contribution in [1.82, 2.24) is 10.2 Å². The van der Waals surface area contributed by atoms with Gasteiger partial charge in [-0.3, -0.25) is 10.1 Å². The highest BCUT2D eigenvalue weighted by Gasteiger charge is 2.70. The van der Waals surface area contributed by atoms with Crippen molar-refractivity contribution >= 4 is 5.91 Å². The molecule has 0 aromatic rings. The summed E-state index contributed by atoms with van der Waals surface area (Å²) in [5.41, 5.74) is -1.89. The fraction of sp³-hybridized carbons (Fsp3) is 0.909. The van der Waals surface area contributed by atoms with Crippen LogP contribution in [0.15, 0.2) is 0 Å². The van der Waals surface area contributed by atoms with Crippen LogP contribution in [0, 0.1) is 0 Å². The van der Waals surface area contributed by atoms with Crippen LogP contribution in [0.4, 0.5) is 13.2 Å². The summed E-state index contributed by atoms with van der Waals surface area (Å²) in [7, 11) is 0. The minimum Gasteiger partial charge on any atom is -0.311 e. The van der Waals surface area contributed by atoms with Gasteiger partial charge in [0.15, 0.2) is 0 Å². The third-order valence-electron chi connectivity index (χ3n) is 3.75. The molecule has 98 valence electrons. The van der Waals surface area contributed by atoms with Crippen molar-refractivity contribution in [3.05, 3.63) is 0 Å². The predicted molar refractivity (Wildman–Crippen MR) is 56.2 cm³/mol. The molecule has 0 radical (unpaired) electrons. The molecule has 2 unspecified atom stereocenters. The maximum atomic E-state index is 13.0. The van der Waals surface area contributed by atoms with Crippen LogP contribution in [0.3, 0.4) is 0 Å². The second kappa shape index (κ2) is 3.86. The molecule has 0 bridgehead atoms. The van der Waals surface area contributed by atoms with Gasteiger partial charge in [0.05, 0.1) is 12.2 Å². The lowest BCUT2D eigenvalue weighted by atomic mass is 10.1. The van der Waals surface area contributed by atoms with Gasteiger partial charge >= 0.3 is 6.18 Å². The van der Waals surface area contributed by atoms with Crippen LogP contribution >= 0.6 is 0 Å². The van der Waals surface area contributed by atoms with Gasteiger partial charge in [-0.1, -0.05) is 13.8 Å². The number of carbonyl (C=O) groups is 1. The van der Waals surface area contributed by atoms with Crippen LogP contribution in [0.5, 0.6) is 0 Å². The second-order valence-electron chi connectivity index (χ2n) is 4.79. The highest BCUT2D eigenvalue weighted by Crippen LogP contribution is 2.55. The molecule has 3 nitrogen and oxygen atoms in total. The van der Waals surface area contributed by atoms with E-state index in [2.05, 4.69) is 5.32 Å². The molecule has 0 spiro atoms. The minimum atomic E-state index is -4.32. The number of amides is 1. The van der Waals surface area contributed by atoms with Crippen molar-refractivity contribution in [3.8, 4) is 0 Å². The van der Waals surface area contributed by atoms with Gasteiger partial charge in [0, 0.05) is 0 Å². The Balaban J connectivity index is 2.28. The molecule has 1 heterocycles. The van der Waals surface area contributed by atoms with Gasteiger partial charge in [0.25, 0.3) is 0 Å². The van der Waals surface area contributed by atoms with E-state index in [1.165, 1.54) is 0 Å². The van der Waals surface area contributed by atoms with Crippen molar-refractivity contribution in [2.45, 2.75) is 63.5 Å². The number of nitrogens with zero attached hydrogens (tertiary/aromatic N) is 1. The minimum absolute atomic E-state index is 0.0385. The molecule has 6 heteroatoms. The van der Waals surface area contributed by atoms with Crippen LogP contribution < -0.4 is 5.32 Å². The van der Waals surface area contributed by atoms with Crippen molar-refractivity contribution in [2.24, 2.45) is 0 Å². The molecule has 2 aliphatic rings. The Morgan fingerprint density at radius 3 is 2.29 bits per heavy atom. The summed E-state index contributed by atoms with van der Waals surface area (Å²) < 4.78 is 39.1. The van der Waals surface area contributed by atoms with Crippen LogP contribution in [0.1, 0.15) is 39.5 Å². The zero-order valence-corrected chi connectivity index (χ0v) is 9.97. The average Bonchev–Trinajstić information content (AvgIpc) is 2.98. The number of hydrogen-bond acceptors (Lipinski definition) is 2. The van der Waals surface area contributed by atoms with E-state index in [1.807, 2.05) is 0 Å². The number of alkyl halides is 3. The number of rotatable bonds is 3. The SMILES string of the molecule is CCC1NC(CC)N(C2(C(F)(F)F)CC2)C1=O. The lowest BCUT2D eigenvalue weighted by Crippen LogP contribution is -2.53. The molecule has 1 saturated carbocycles. The first-order chi connectivity index (χ1) is 7.87. The Labute approximate surface area is 98.3 Å². The standard InChI is InChI=1S/C11H17F3N2O/c1-3-7-9(17)16(8(4-2)15-7)10(5-6-10)11(12,13)14/h7-8,15H,3-6H2,1-2H3. The summed E-state index contributed by atoms with van der Waals surface area (Å²) in [5.74, 6) is -0.394. The fourth-order valence-electron chi connectivity index (χ4n) is 2.58. The summed E-state index contributed by atoms with van der Waals surface area (Å²) in [6.07, 6.45) is -3.69. The van der Waals surface area contributed by atoms with Crippen molar-refractivity contribution < 1.29 is 18.0 Å². The number of hydrogen-bond donors (Lipinski definition) is 1. The zero-order chi connectivity index (χ0) is 12.8. The summed E-state index contributed by atoms with van der Waals surface area (Å²) >= 11 is 0. The van der Waals surface area contributed by atoms with Gasteiger partial charge in [-0.25, -0.2) is 0 Å². The van der Waals surface area contributed by atoms with E-state index in [4.69, 9.17) is 0 Å².